The molecule has 3 rings (SSSR count). The summed E-state index contributed by atoms with van der Waals surface area (Å²) in [7, 11) is 0. The average molecular weight is 423 g/mol. The van der Waals surface area contributed by atoms with Crippen molar-refractivity contribution in [3.63, 3.8) is 0 Å². The number of rotatable bonds is 3. The maximum atomic E-state index is 12.9. The Labute approximate surface area is 174 Å². The van der Waals surface area contributed by atoms with Crippen LogP contribution < -0.4 is 5.32 Å². The molecule has 2 heterocycles. The number of amides is 2. The van der Waals surface area contributed by atoms with Crippen molar-refractivity contribution in [1.82, 2.24) is 20.4 Å². The van der Waals surface area contributed by atoms with Crippen LogP contribution in [-0.4, -0.2) is 58.5 Å². The first-order valence-corrected chi connectivity index (χ1v) is 9.90. The van der Waals surface area contributed by atoms with Crippen LogP contribution in [0.4, 0.5) is 4.79 Å². The third-order valence-corrected chi connectivity index (χ3v) is 4.90. The molecular formula is C20H27ClN4O4. The number of morpholine rings is 1. The van der Waals surface area contributed by atoms with Crippen LogP contribution in [0.25, 0.3) is 10.9 Å². The molecule has 1 aliphatic rings. The van der Waals surface area contributed by atoms with Gasteiger partial charge in [0, 0.05) is 11.9 Å². The molecule has 2 amide bonds. The molecule has 0 radical (unpaired) electrons. The van der Waals surface area contributed by atoms with Gasteiger partial charge in [-0.3, -0.25) is 9.89 Å². The number of carbonyl (C=O) groups is 2. The second-order valence-electron chi connectivity index (χ2n) is 8.63. The van der Waals surface area contributed by atoms with E-state index in [-0.39, 0.29) is 19.1 Å². The highest BCUT2D eigenvalue weighted by molar-refractivity contribution is 6.35. The Hall–Kier alpha value is -2.32. The number of fused-ring (bicyclic) bond motifs is 1. The Morgan fingerprint density at radius 1 is 1.31 bits per heavy atom. The van der Waals surface area contributed by atoms with E-state index in [1.807, 2.05) is 26.0 Å². The van der Waals surface area contributed by atoms with Crippen LogP contribution in [0.1, 0.15) is 40.3 Å². The fourth-order valence-corrected chi connectivity index (χ4v) is 3.45. The predicted molar refractivity (Wildman–Crippen MR) is 110 cm³/mol. The number of hydrogen-bond acceptors (Lipinski definition) is 5. The van der Waals surface area contributed by atoms with E-state index in [0.717, 1.165) is 10.9 Å². The second-order valence-corrected chi connectivity index (χ2v) is 9.04. The zero-order valence-corrected chi connectivity index (χ0v) is 18.1. The zero-order chi connectivity index (χ0) is 21.4. The number of aromatic nitrogens is 2. The first kappa shape index (κ1) is 21.4. The van der Waals surface area contributed by atoms with E-state index in [1.54, 1.807) is 26.8 Å². The van der Waals surface area contributed by atoms with E-state index >= 15 is 0 Å². The van der Waals surface area contributed by atoms with Crippen LogP contribution in [0.5, 0.6) is 0 Å². The lowest BCUT2D eigenvalue weighted by molar-refractivity contribution is -0.139. The molecular weight excluding hydrogens is 396 g/mol. The van der Waals surface area contributed by atoms with Crippen molar-refractivity contribution in [3.05, 3.63) is 28.9 Å². The first-order valence-electron chi connectivity index (χ1n) is 9.52. The summed E-state index contributed by atoms with van der Waals surface area (Å²) in [6.07, 6.45) is -1.24. The minimum absolute atomic E-state index is 0.129. The van der Waals surface area contributed by atoms with E-state index in [9.17, 15) is 9.59 Å². The minimum atomic E-state index is -0.788. The molecule has 8 nitrogen and oxygen atoms in total. The first-order chi connectivity index (χ1) is 13.5. The Kier molecular flexibility index (Phi) is 5.78. The van der Waals surface area contributed by atoms with Crippen molar-refractivity contribution in [3.8, 4) is 0 Å². The number of para-hydroxylation sites is 1. The summed E-state index contributed by atoms with van der Waals surface area (Å²) in [5.41, 5.74) is 0.00861. The molecule has 1 aromatic carbocycles. The molecule has 1 fully saturated rings. The van der Waals surface area contributed by atoms with Crippen molar-refractivity contribution in [2.75, 3.05) is 19.7 Å². The van der Waals surface area contributed by atoms with E-state index in [2.05, 4.69) is 15.5 Å². The normalized spacial score (nSPS) is 18.0. The Bertz CT molecular complexity index is 919. The smallest absolute Gasteiger partial charge is 0.410 e. The standard InChI is InChI=1S/C20H27ClN4O4/c1-19(2,3)29-18(27)25-9-10-28-14(11-25)17(26)22-20(4,5)16-12-7-6-8-13(21)15(12)23-24-16/h6-8,14H,9-11H2,1-5H3,(H,22,26)(H,23,24)/t14-/m0/s1. The molecule has 1 aromatic heterocycles. The molecule has 0 saturated carbocycles. The van der Waals surface area contributed by atoms with Crippen LogP contribution in [-0.2, 0) is 19.8 Å². The Morgan fingerprint density at radius 3 is 2.72 bits per heavy atom. The molecule has 29 heavy (non-hydrogen) atoms. The number of nitrogens with one attached hydrogen (secondary N) is 2. The summed E-state index contributed by atoms with van der Waals surface area (Å²) in [6.45, 7) is 9.90. The molecule has 158 valence electrons. The summed E-state index contributed by atoms with van der Waals surface area (Å²) < 4.78 is 11.0. The third kappa shape index (κ3) is 4.82. The second kappa shape index (κ2) is 7.84. The zero-order valence-electron chi connectivity index (χ0n) is 17.3. The largest absolute Gasteiger partial charge is 0.444 e. The number of H-pyrrole nitrogens is 1. The fraction of sp³-hybridized carbons (Fsp3) is 0.550. The van der Waals surface area contributed by atoms with Gasteiger partial charge in [-0.15, -0.1) is 0 Å². The third-order valence-electron chi connectivity index (χ3n) is 4.59. The van der Waals surface area contributed by atoms with Gasteiger partial charge in [-0.25, -0.2) is 4.79 Å². The highest BCUT2D eigenvalue weighted by Gasteiger charge is 2.35. The average Bonchev–Trinajstić information content (AvgIpc) is 3.06. The van der Waals surface area contributed by atoms with Gasteiger partial charge in [0.25, 0.3) is 5.91 Å². The molecule has 0 spiro atoms. The lowest BCUT2D eigenvalue weighted by Crippen LogP contribution is -2.55. The highest BCUT2D eigenvalue weighted by atomic mass is 35.5. The minimum Gasteiger partial charge on any atom is -0.444 e. The molecule has 1 saturated heterocycles. The van der Waals surface area contributed by atoms with Crippen molar-refractivity contribution < 1.29 is 19.1 Å². The van der Waals surface area contributed by atoms with E-state index in [0.29, 0.717) is 17.3 Å². The van der Waals surface area contributed by atoms with Crippen LogP contribution in [0, 0.1) is 0 Å². The van der Waals surface area contributed by atoms with Gasteiger partial charge in [0.1, 0.15) is 5.60 Å². The van der Waals surface area contributed by atoms with E-state index in [4.69, 9.17) is 21.1 Å². The molecule has 0 unspecified atom stereocenters. The lowest BCUT2D eigenvalue weighted by atomic mass is 9.96. The van der Waals surface area contributed by atoms with Crippen molar-refractivity contribution in [2.24, 2.45) is 0 Å². The van der Waals surface area contributed by atoms with Gasteiger partial charge in [0.15, 0.2) is 6.10 Å². The molecule has 0 bridgehead atoms. The van der Waals surface area contributed by atoms with Gasteiger partial charge in [-0.2, -0.15) is 5.10 Å². The lowest BCUT2D eigenvalue weighted by Gasteiger charge is -2.35. The van der Waals surface area contributed by atoms with Gasteiger partial charge >= 0.3 is 6.09 Å². The van der Waals surface area contributed by atoms with Gasteiger partial charge in [-0.05, 0) is 40.7 Å². The predicted octanol–water partition coefficient (Wildman–Crippen LogP) is 3.20. The Balaban J connectivity index is 1.71. The number of benzene rings is 1. The Morgan fingerprint density at radius 2 is 2.03 bits per heavy atom. The summed E-state index contributed by atoms with van der Waals surface area (Å²) >= 11 is 6.21. The van der Waals surface area contributed by atoms with Crippen molar-refractivity contribution in [1.29, 1.82) is 0 Å². The number of nitrogens with zero attached hydrogens (tertiary/aromatic N) is 2. The van der Waals surface area contributed by atoms with Crippen molar-refractivity contribution in [2.45, 2.75) is 51.9 Å². The van der Waals surface area contributed by atoms with Crippen LogP contribution in [0.15, 0.2) is 18.2 Å². The van der Waals surface area contributed by atoms with Crippen LogP contribution >= 0.6 is 11.6 Å². The number of halogens is 1. The number of aromatic amines is 1. The van der Waals surface area contributed by atoms with Crippen LogP contribution in [0.3, 0.4) is 0 Å². The number of carbonyl (C=O) groups excluding carboxylic acids is 2. The van der Waals surface area contributed by atoms with E-state index < -0.39 is 23.3 Å². The summed E-state index contributed by atoms with van der Waals surface area (Å²) in [6, 6.07) is 5.51. The number of ether oxygens (including phenoxy) is 2. The topological polar surface area (TPSA) is 96.5 Å². The van der Waals surface area contributed by atoms with Gasteiger partial charge in [-0.1, -0.05) is 23.7 Å². The van der Waals surface area contributed by atoms with Crippen molar-refractivity contribution >= 4 is 34.5 Å². The van der Waals surface area contributed by atoms with Gasteiger partial charge in [0.2, 0.25) is 0 Å². The molecule has 2 N–H and O–H groups in total. The summed E-state index contributed by atoms with van der Waals surface area (Å²) in [4.78, 5) is 26.7. The van der Waals surface area contributed by atoms with E-state index in [1.165, 1.54) is 4.90 Å². The quantitative estimate of drug-likeness (QED) is 0.791. The monoisotopic (exact) mass is 422 g/mol. The van der Waals surface area contributed by atoms with Gasteiger partial charge in [0.05, 0.1) is 34.9 Å². The number of hydrogen-bond donors (Lipinski definition) is 2. The van der Waals surface area contributed by atoms with Gasteiger partial charge < -0.3 is 19.7 Å². The maximum Gasteiger partial charge on any atom is 0.410 e. The SMILES string of the molecule is CC(C)(C)OC(=O)N1CCO[C@H](C(=O)NC(C)(C)c2n[nH]c3c(Cl)cccc23)C1. The maximum absolute atomic E-state index is 12.9. The van der Waals surface area contributed by atoms with Crippen LogP contribution in [0.2, 0.25) is 5.02 Å². The molecule has 1 aliphatic heterocycles. The highest BCUT2D eigenvalue weighted by Crippen LogP contribution is 2.30. The summed E-state index contributed by atoms with van der Waals surface area (Å²) in [5, 5.41) is 11.7. The summed E-state index contributed by atoms with van der Waals surface area (Å²) in [5.74, 6) is -0.318. The fourth-order valence-electron chi connectivity index (χ4n) is 3.23. The molecule has 1 atom stereocenters. The molecule has 2 aromatic rings. The molecule has 0 aliphatic carbocycles. The molecule has 9 heteroatoms.